The largest absolute Gasteiger partial charge is 0.394 e. The van der Waals surface area contributed by atoms with Crippen molar-refractivity contribution in [2.75, 3.05) is 6.61 Å². The number of rotatable bonds is 3. The molecule has 0 saturated carbocycles. The van der Waals surface area contributed by atoms with Gasteiger partial charge in [0.15, 0.2) is 6.23 Å². The molecule has 1 aromatic carbocycles. The lowest BCUT2D eigenvalue weighted by Crippen LogP contribution is -2.56. The van der Waals surface area contributed by atoms with E-state index >= 15 is 0 Å². The quantitative estimate of drug-likeness (QED) is 0.528. The number of aliphatic hydroxyl groups excluding tert-OH is 4. The SMILES string of the molecule is OC[C@H]1O[C@@H](n2nnc(-c3ccccc3)n2)[C@H](O)[C@@H](O)[C@@H]1O. The summed E-state index contributed by atoms with van der Waals surface area (Å²) in [7, 11) is 0. The number of ether oxygens (including phenoxy) is 1. The summed E-state index contributed by atoms with van der Waals surface area (Å²) in [6.07, 6.45) is -6.53. The molecule has 0 spiro atoms. The van der Waals surface area contributed by atoms with Crippen molar-refractivity contribution < 1.29 is 25.2 Å². The lowest BCUT2D eigenvalue weighted by molar-refractivity contribution is -0.257. The van der Waals surface area contributed by atoms with Gasteiger partial charge in [0.1, 0.15) is 24.4 Å². The molecule has 3 rings (SSSR count). The second-order valence-corrected chi connectivity index (χ2v) is 5.02. The van der Waals surface area contributed by atoms with Crippen LogP contribution in [0.3, 0.4) is 0 Å². The Labute approximate surface area is 125 Å². The molecule has 2 heterocycles. The van der Waals surface area contributed by atoms with Crippen molar-refractivity contribution in [2.45, 2.75) is 30.6 Å². The number of aromatic nitrogens is 4. The van der Waals surface area contributed by atoms with E-state index < -0.39 is 37.3 Å². The predicted octanol–water partition coefficient (Wildman–Crippen LogP) is -1.69. The smallest absolute Gasteiger partial charge is 0.205 e. The fraction of sp³-hybridized carbons (Fsp3) is 0.462. The molecule has 0 unspecified atom stereocenters. The monoisotopic (exact) mass is 308 g/mol. The molecule has 1 saturated heterocycles. The van der Waals surface area contributed by atoms with Gasteiger partial charge < -0.3 is 25.2 Å². The maximum absolute atomic E-state index is 10.0. The normalized spacial score (nSPS) is 32.1. The molecule has 9 heteroatoms. The van der Waals surface area contributed by atoms with Gasteiger partial charge in [0.25, 0.3) is 0 Å². The molecule has 1 aliphatic heterocycles. The highest BCUT2D eigenvalue weighted by Crippen LogP contribution is 2.27. The first-order valence-electron chi connectivity index (χ1n) is 6.77. The van der Waals surface area contributed by atoms with Gasteiger partial charge in [-0.05, 0) is 5.21 Å². The number of nitrogens with zero attached hydrogens (tertiary/aromatic N) is 4. The Morgan fingerprint density at radius 3 is 2.45 bits per heavy atom. The van der Waals surface area contributed by atoms with E-state index in [2.05, 4.69) is 15.4 Å². The molecule has 1 fully saturated rings. The van der Waals surface area contributed by atoms with Crippen molar-refractivity contribution in [2.24, 2.45) is 0 Å². The van der Waals surface area contributed by atoms with Gasteiger partial charge in [-0.15, -0.1) is 15.0 Å². The van der Waals surface area contributed by atoms with Crippen LogP contribution < -0.4 is 0 Å². The molecular weight excluding hydrogens is 292 g/mol. The Morgan fingerprint density at radius 2 is 1.77 bits per heavy atom. The molecule has 118 valence electrons. The summed E-state index contributed by atoms with van der Waals surface area (Å²) in [5.74, 6) is 0.331. The third-order valence-corrected chi connectivity index (χ3v) is 3.55. The Hall–Kier alpha value is -1.91. The van der Waals surface area contributed by atoms with Crippen molar-refractivity contribution in [3.63, 3.8) is 0 Å². The summed E-state index contributed by atoms with van der Waals surface area (Å²) in [6.45, 7) is -0.512. The van der Waals surface area contributed by atoms with Crippen LogP contribution in [0.1, 0.15) is 6.23 Å². The minimum Gasteiger partial charge on any atom is -0.394 e. The molecular formula is C13H16N4O5. The minimum absolute atomic E-state index is 0.331. The van der Waals surface area contributed by atoms with Crippen molar-refractivity contribution >= 4 is 0 Å². The van der Waals surface area contributed by atoms with Crippen molar-refractivity contribution in [3.8, 4) is 11.4 Å². The fourth-order valence-electron chi connectivity index (χ4n) is 2.31. The topological polar surface area (TPSA) is 134 Å². The molecule has 0 aliphatic carbocycles. The van der Waals surface area contributed by atoms with E-state index in [-0.39, 0.29) is 0 Å². The molecule has 9 nitrogen and oxygen atoms in total. The zero-order valence-electron chi connectivity index (χ0n) is 11.5. The average Bonchev–Trinajstić information content (AvgIpc) is 3.04. The van der Waals surface area contributed by atoms with Gasteiger partial charge in [-0.2, -0.15) is 0 Å². The summed E-state index contributed by atoms with van der Waals surface area (Å²) in [4.78, 5) is 1.02. The lowest BCUT2D eigenvalue weighted by atomic mass is 9.99. The fourth-order valence-corrected chi connectivity index (χ4v) is 2.31. The summed E-state index contributed by atoms with van der Waals surface area (Å²) in [5, 5.41) is 50.5. The zero-order chi connectivity index (χ0) is 15.7. The standard InChI is InChI=1S/C13H16N4O5/c18-6-8-9(19)10(20)11(21)13(22-8)17-15-12(14-16-17)7-4-2-1-3-5-7/h1-5,8-11,13,18-21H,6H2/t8-,9-,10+,11-,13-/m1/s1. The zero-order valence-corrected chi connectivity index (χ0v) is 11.5. The average molecular weight is 308 g/mol. The van der Waals surface area contributed by atoms with E-state index in [0.29, 0.717) is 5.82 Å². The van der Waals surface area contributed by atoms with E-state index in [1.165, 1.54) is 0 Å². The molecule has 22 heavy (non-hydrogen) atoms. The van der Waals surface area contributed by atoms with Crippen LogP contribution >= 0.6 is 0 Å². The van der Waals surface area contributed by atoms with Crippen LogP contribution in [0, 0.1) is 0 Å². The summed E-state index contributed by atoms with van der Waals surface area (Å²) >= 11 is 0. The van der Waals surface area contributed by atoms with E-state index in [1.54, 1.807) is 12.1 Å². The molecule has 1 aliphatic rings. The Kier molecular flexibility index (Phi) is 4.14. The Morgan fingerprint density at radius 1 is 1.05 bits per heavy atom. The maximum Gasteiger partial charge on any atom is 0.205 e. The third-order valence-electron chi connectivity index (χ3n) is 3.55. The van der Waals surface area contributed by atoms with Crippen LogP contribution in [0.2, 0.25) is 0 Å². The van der Waals surface area contributed by atoms with Crippen LogP contribution in [-0.4, -0.2) is 71.7 Å². The van der Waals surface area contributed by atoms with Gasteiger partial charge in [0, 0.05) is 5.56 Å². The van der Waals surface area contributed by atoms with Crippen molar-refractivity contribution in [1.29, 1.82) is 0 Å². The second-order valence-electron chi connectivity index (χ2n) is 5.02. The van der Waals surface area contributed by atoms with E-state index in [1.807, 2.05) is 18.2 Å². The van der Waals surface area contributed by atoms with Crippen LogP contribution in [0.5, 0.6) is 0 Å². The van der Waals surface area contributed by atoms with Gasteiger partial charge in [-0.25, -0.2) is 0 Å². The number of tetrazole rings is 1. The number of hydrogen-bond donors (Lipinski definition) is 4. The van der Waals surface area contributed by atoms with E-state index in [0.717, 1.165) is 10.4 Å². The van der Waals surface area contributed by atoms with E-state index in [4.69, 9.17) is 9.84 Å². The highest BCUT2D eigenvalue weighted by Gasteiger charge is 2.45. The van der Waals surface area contributed by atoms with Gasteiger partial charge in [-0.3, -0.25) is 0 Å². The minimum atomic E-state index is -1.48. The van der Waals surface area contributed by atoms with Crippen molar-refractivity contribution in [3.05, 3.63) is 30.3 Å². The first kappa shape index (κ1) is 15.0. The van der Waals surface area contributed by atoms with Crippen LogP contribution in [0.15, 0.2) is 30.3 Å². The lowest BCUT2D eigenvalue weighted by Gasteiger charge is -2.38. The molecule has 0 amide bonds. The predicted molar refractivity (Wildman–Crippen MR) is 72.3 cm³/mol. The Bertz CT molecular complexity index is 620. The molecule has 5 atom stereocenters. The second kappa shape index (κ2) is 6.07. The summed E-state index contributed by atoms with van der Waals surface area (Å²) in [5.41, 5.74) is 0.735. The van der Waals surface area contributed by atoms with Crippen LogP contribution in [0.25, 0.3) is 11.4 Å². The summed E-state index contributed by atoms with van der Waals surface area (Å²) < 4.78 is 5.35. The molecule has 4 N–H and O–H groups in total. The number of hydrogen-bond acceptors (Lipinski definition) is 8. The van der Waals surface area contributed by atoms with Gasteiger partial charge >= 0.3 is 0 Å². The van der Waals surface area contributed by atoms with Crippen LogP contribution in [0.4, 0.5) is 0 Å². The number of aliphatic hydroxyl groups is 4. The Balaban J connectivity index is 1.86. The maximum atomic E-state index is 10.0. The highest BCUT2D eigenvalue weighted by molar-refractivity contribution is 5.52. The van der Waals surface area contributed by atoms with Gasteiger partial charge in [0.05, 0.1) is 6.61 Å². The first-order chi connectivity index (χ1) is 10.6. The molecule has 2 aromatic rings. The third kappa shape index (κ3) is 2.60. The van der Waals surface area contributed by atoms with Crippen LogP contribution in [-0.2, 0) is 4.74 Å². The first-order valence-corrected chi connectivity index (χ1v) is 6.77. The summed E-state index contributed by atoms with van der Waals surface area (Å²) in [6, 6.07) is 9.10. The number of benzene rings is 1. The molecule has 0 bridgehead atoms. The van der Waals surface area contributed by atoms with Gasteiger partial charge in [-0.1, -0.05) is 30.3 Å². The molecule has 0 radical (unpaired) electrons. The molecule has 1 aromatic heterocycles. The van der Waals surface area contributed by atoms with Gasteiger partial charge in [0.2, 0.25) is 5.82 Å². The highest BCUT2D eigenvalue weighted by atomic mass is 16.6. The van der Waals surface area contributed by atoms with Crippen molar-refractivity contribution in [1.82, 2.24) is 20.2 Å². The van der Waals surface area contributed by atoms with E-state index in [9.17, 15) is 15.3 Å².